The van der Waals surface area contributed by atoms with Gasteiger partial charge >= 0.3 is 0 Å². The summed E-state index contributed by atoms with van der Waals surface area (Å²) in [5, 5.41) is 60.0. The van der Waals surface area contributed by atoms with Gasteiger partial charge in [-0.2, -0.15) is 0 Å². The molecule has 1 fully saturated rings. The van der Waals surface area contributed by atoms with Crippen molar-refractivity contribution in [2.45, 2.75) is 30.7 Å². The van der Waals surface area contributed by atoms with Crippen LogP contribution in [0.3, 0.4) is 0 Å². The van der Waals surface area contributed by atoms with Crippen LogP contribution in [-0.2, 0) is 4.74 Å². The number of ether oxygens (including phenoxy) is 4. The maximum atomic E-state index is 12.9. The summed E-state index contributed by atoms with van der Waals surface area (Å²) in [7, 11) is 2.63. The molecular weight excluding hydrogens is 468 g/mol. The number of fused-ring (bicyclic) bond motifs is 1. The number of benzene rings is 2. The van der Waals surface area contributed by atoms with Crippen molar-refractivity contribution >= 4 is 11.0 Å². The van der Waals surface area contributed by atoms with Crippen molar-refractivity contribution in [1.82, 2.24) is 0 Å². The Balaban J connectivity index is 1.78. The molecule has 5 atom stereocenters. The Morgan fingerprint density at radius 2 is 1.66 bits per heavy atom. The summed E-state index contributed by atoms with van der Waals surface area (Å²) in [6.07, 6.45) is -7.95. The van der Waals surface area contributed by atoms with Gasteiger partial charge in [0.1, 0.15) is 41.1 Å². The number of aromatic hydroxyl groups is 2. The zero-order chi connectivity index (χ0) is 25.4. The fourth-order valence-electron chi connectivity index (χ4n) is 3.78. The maximum Gasteiger partial charge on any atom is 0.229 e. The summed E-state index contributed by atoms with van der Waals surface area (Å²) in [6, 6.07) is 6.74. The minimum Gasteiger partial charge on any atom is -0.504 e. The summed E-state index contributed by atoms with van der Waals surface area (Å²) >= 11 is 0. The topological polar surface area (TPSA) is 189 Å². The quantitative estimate of drug-likeness (QED) is 0.272. The molecule has 188 valence electrons. The van der Waals surface area contributed by atoms with Gasteiger partial charge in [0.2, 0.25) is 12.0 Å². The molecule has 2 aromatic carbocycles. The Labute approximate surface area is 197 Å². The Morgan fingerprint density at radius 1 is 0.943 bits per heavy atom. The number of hydrogen-bond acceptors (Lipinski definition) is 12. The van der Waals surface area contributed by atoms with Crippen LogP contribution >= 0.6 is 0 Å². The number of methoxy groups -OCH3 is 2. The van der Waals surface area contributed by atoms with Gasteiger partial charge in [0.05, 0.1) is 20.8 Å². The number of phenolic OH excluding ortho intramolecular Hbond substituents is 2. The zero-order valence-electron chi connectivity index (χ0n) is 18.6. The average molecular weight is 492 g/mol. The van der Waals surface area contributed by atoms with E-state index in [0.717, 1.165) is 6.07 Å². The van der Waals surface area contributed by atoms with E-state index in [2.05, 4.69) is 0 Å². The van der Waals surface area contributed by atoms with Crippen molar-refractivity contribution in [3.05, 3.63) is 40.6 Å². The zero-order valence-corrected chi connectivity index (χ0v) is 18.6. The van der Waals surface area contributed by atoms with Crippen LogP contribution in [0.15, 0.2) is 39.5 Å². The number of aliphatic hydroxyl groups is 4. The van der Waals surface area contributed by atoms with Gasteiger partial charge in [0.15, 0.2) is 28.4 Å². The lowest BCUT2D eigenvalue weighted by Gasteiger charge is -2.39. The van der Waals surface area contributed by atoms with Crippen molar-refractivity contribution in [2.75, 3.05) is 20.8 Å². The molecule has 1 aliphatic heterocycles. The lowest BCUT2D eigenvalue weighted by molar-refractivity contribution is -0.277. The molecule has 0 saturated carbocycles. The molecule has 0 radical (unpaired) electrons. The SMILES string of the molecule is COc1cc(-c2cc(=O)c3c(O)c(O[C@H]4O[C@@H](CO)[C@H](O)[C@H](O)[C@@H]4O)c(OC)cc3o2)ccc1O. The highest BCUT2D eigenvalue weighted by Crippen LogP contribution is 2.44. The van der Waals surface area contributed by atoms with Crippen LogP contribution < -0.4 is 19.6 Å². The Bertz CT molecular complexity index is 1280. The van der Waals surface area contributed by atoms with Crippen LogP contribution in [0.25, 0.3) is 22.3 Å². The largest absolute Gasteiger partial charge is 0.504 e. The van der Waals surface area contributed by atoms with Crippen LogP contribution in [0.5, 0.6) is 28.7 Å². The molecule has 0 spiro atoms. The van der Waals surface area contributed by atoms with E-state index >= 15 is 0 Å². The van der Waals surface area contributed by atoms with Gasteiger partial charge in [0.25, 0.3) is 0 Å². The number of hydrogen-bond donors (Lipinski definition) is 6. The lowest BCUT2D eigenvalue weighted by atomic mass is 9.99. The second-order valence-corrected chi connectivity index (χ2v) is 7.81. The first kappa shape index (κ1) is 24.6. The first-order valence-electron chi connectivity index (χ1n) is 10.4. The molecule has 0 unspecified atom stereocenters. The van der Waals surface area contributed by atoms with E-state index in [4.69, 9.17) is 23.4 Å². The van der Waals surface area contributed by atoms with Crippen molar-refractivity contribution in [3.8, 4) is 40.1 Å². The van der Waals surface area contributed by atoms with E-state index in [1.54, 1.807) is 0 Å². The average Bonchev–Trinajstić information content (AvgIpc) is 2.85. The van der Waals surface area contributed by atoms with Crippen molar-refractivity contribution < 1.29 is 54.0 Å². The van der Waals surface area contributed by atoms with E-state index in [9.17, 15) is 35.4 Å². The highest BCUT2D eigenvalue weighted by Gasteiger charge is 2.45. The summed E-state index contributed by atoms with van der Waals surface area (Å²) in [4.78, 5) is 12.9. The van der Waals surface area contributed by atoms with Gasteiger partial charge in [-0.15, -0.1) is 0 Å². The molecule has 12 nitrogen and oxygen atoms in total. The first-order valence-corrected chi connectivity index (χ1v) is 10.4. The van der Waals surface area contributed by atoms with Crippen LogP contribution in [0, 0.1) is 0 Å². The van der Waals surface area contributed by atoms with Crippen molar-refractivity contribution in [2.24, 2.45) is 0 Å². The van der Waals surface area contributed by atoms with Crippen molar-refractivity contribution in [3.63, 3.8) is 0 Å². The van der Waals surface area contributed by atoms with E-state index < -0.39 is 54.2 Å². The van der Waals surface area contributed by atoms with Crippen LogP contribution in [0.4, 0.5) is 0 Å². The lowest BCUT2D eigenvalue weighted by Crippen LogP contribution is -2.60. The molecule has 0 bridgehead atoms. The highest BCUT2D eigenvalue weighted by atomic mass is 16.7. The Kier molecular flexibility index (Phi) is 6.74. The standard InChI is InChI=1S/C23H24O12/c1-31-13-5-9(3-4-10(13)25)12-6-11(26)17-14(33-12)7-15(32-2)22(19(17)28)35-23-21(30)20(29)18(27)16(8-24)34-23/h3-7,16,18,20-21,23-25,27-30H,8H2,1-2H3/t16-,18-,20-,21-,23+/m0/s1. The summed E-state index contributed by atoms with van der Waals surface area (Å²) in [5.41, 5.74) is -0.291. The van der Waals surface area contributed by atoms with Gasteiger partial charge in [-0.3, -0.25) is 4.79 Å². The third-order valence-electron chi connectivity index (χ3n) is 5.68. The predicted octanol–water partition coefficient (Wildman–Crippen LogP) is 0.0671. The smallest absolute Gasteiger partial charge is 0.229 e. The minimum absolute atomic E-state index is 0.0601. The van der Waals surface area contributed by atoms with Crippen LogP contribution in [0.2, 0.25) is 0 Å². The molecule has 0 amide bonds. The number of phenols is 2. The van der Waals surface area contributed by atoms with Gasteiger partial charge in [-0.25, -0.2) is 0 Å². The third-order valence-corrected chi connectivity index (χ3v) is 5.68. The predicted molar refractivity (Wildman–Crippen MR) is 119 cm³/mol. The summed E-state index contributed by atoms with van der Waals surface area (Å²) in [6.45, 7) is -0.681. The Hall–Kier alpha value is -3.55. The van der Waals surface area contributed by atoms with Gasteiger partial charge < -0.3 is 54.0 Å². The third kappa shape index (κ3) is 4.33. The molecule has 35 heavy (non-hydrogen) atoms. The van der Waals surface area contributed by atoms with Gasteiger partial charge in [-0.1, -0.05) is 0 Å². The first-order chi connectivity index (χ1) is 16.7. The van der Waals surface area contributed by atoms with E-state index in [-0.39, 0.29) is 34.0 Å². The molecule has 1 aromatic heterocycles. The van der Waals surface area contributed by atoms with Crippen LogP contribution in [0.1, 0.15) is 0 Å². The minimum atomic E-state index is -1.75. The second-order valence-electron chi connectivity index (χ2n) is 7.81. The molecule has 0 aliphatic carbocycles. The molecule has 1 saturated heterocycles. The van der Waals surface area contributed by atoms with Crippen LogP contribution in [-0.4, -0.2) is 82.2 Å². The fourth-order valence-corrected chi connectivity index (χ4v) is 3.78. The second kappa shape index (κ2) is 9.60. The van der Waals surface area contributed by atoms with E-state index in [1.807, 2.05) is 0 Å². The molecule has 4 rings (SSSR count). The normalized spacial score (nSPS) is 24.3. The molecule has 12 heteroatoms. The molecule has 2 heterocycles. The van der Waals surface area contributed by atoms with Gasteiger partial charge in [0, 0.05) is 17.7 Å². The van der Waals surface area contributed by atoms with Crippen molar-refractivity contribution in [1.29, 1.82) is 0 Å². The summed E-state index contributed by atoms with van der Waals surface area (Å²) in [5.74, 6) is -1.00. The summed E-state index contributed by atoms with van der Waals surface area (Å²) < 4.78 is 27.0. The molecule has 3 aromatic rings. The van der Waals surface area contributed by atoms with E-state index in [1.165, 1.54) is 38.5 Å². The molecule has 6 N–H and O–H groups in total. The maximum absolute atomic E-state index is 12.9. The Morgan fingerprint density at radius 3 is 2.31 bits per heavy atom. The molecule has 1 aliphatic rings. The fraction of sp³-hybridized carbons (Fsp3) is 0.348. The monoisotopic (exact) mass is 492 g/mol. The number of rotatable bonds is 6. The van der Waals surface area contributed by atoms with Gasteiger partial charge in [-0.05, 0) is 18.2 Å². The molecular formula is C23H24O12. The highest BCUT2D eigenvalue weighted by molar-refractivity contribution is 5.89. The van der Waals surface area contributed by atoms with E-state index in [0.29, 0.717) is 5.56 Å². The number of aliphatic hydroxyl groups excluding tert-OH is 4.